The number of amides is 2. The van der Waals surface area contributed by atoms with Crippen LogP contribution in [0.3, 0.4) is 0 Å². The minimum Gasteiger partial charge on any atom is -0.351 e. The summed E-state index contributed by atoms with van der Waals surface area (Å²) < 4.78 is 0. The molecular formula is C16H19ClN2O2. The Morgan fingerprint density at radius 2 is 1.76 bits per heavy atom. The van der Waals surface area contributed by atoms with Crippen LogP contribution in [0, 0.1) is 5.41 Å². The first-order chi connectivity index (χ1) is 10.1. The van der Waals surface area contributed by atoms with Gasteiger partial charge in [-0.1, -0.05) is 23.7 Å². The normalized spacial score (nSPS) is 19.4. The lowest BCUT2D eigenvalue weighted by Crippen LogP contribution is -2.44. The lowest BCUT2D eigenvalue weighted by molar-refractivity contribution is -0.143. The molecule has 4 nitrogen and oxygen atoms in total. The van der Waals surface area contributed by atoms with Crippen molar-refractivity contribution in [3.05, 3.63) is 34.9 Å². The summed E-state index contributed by atoms with van der Waals surface area (Å²) in [5, 5.41) is 3.57. The van der Waals surface area contributed by atoms with Gasteiger partial charge < -0.3 is 10.2 Å². The van der Waals surface area contributed by atoms with Crippen molar-refractivity contribution in [3.63, 3.8) is 0 Å². The molecule has 0 radical (unpaired) electrons. The Morgan fingerprint density at radius 3 is 2.33 bits per heavy atom. The summed E-state index contributed by atoms with van der Waals surface area (Å²) in [5.74, 6) is -0.108. The molecule has 5 heteroatoms. The van der Waals surface area contributed by atoms with E-state index in [1.165, 1.54) is 0 Å². The Hall–Kier alpha value is -1.55. The number of carbonyl (C=O) groups excluding carboxylic acids is 2. The highest BCUT2D eigenvalue weighted by atomic mass is 35.5. The highest BCUT2D eigenvalue weighted by molar-refractivity contribution is 6.30. The van der Waals surface area contributed by atoms with Crippen molar-refractivity contribution in [1.82, 2.24) is 10.2 Å². The van der Waals surface area contributed by atoms with Crippen molar-refractivity contribution in [3.8, 4) is 0 Å². The molecule has 0 spiro atoms. The molecule has 2 fully saturated rings. The topological polar surface area (TPSA) is 49.4 Å². The third kappa shape index (κ3) is 2.91. The van der Waals surface area contributed by atoms with Crippen molar-refractivity contribution in [2.75, 3.05) is 13.1 Å². The predicted molar refractivity (Wildman–Crippen MR) is 80.8 cm³/mol. The number of hydrogen-bond donors (Lipinski definition) is 1. The van der Waals surface area contributed by atoms with Crippen LogP contribution in [0.1, 0.15) is 31.2 Å². The Kier molecular flexibility index (Phi) is 3.89. The maximum Gasteiger partial charge on any atom is 0.238 e. The lowest BCUT2D eigenvalue weighted by atomic mass is 10.0. The van der Waals surface area contributed by atoms with Crippen LogP contribution >= 0.6 is 11.6 Å². The molecule has 1 aliphatic carbocycles. The molecule has 0 atom stereocenters. The van der Waals surface area contributed by atoms with E-state index in [0.29, 0.717) is 24.4 Å². The van der Waals surface area contributed by atoms with Crippen LogP contribution in [0.2, 0.25) is 5.02 Å². The van der Waals surface area contributed by atoms with Crippen molar-refractivity contribution in [2.45, 2.75) is 32.2 Å². The molecule has 0 bridgehead atoms. The molecular weight excluding hydrogens is 288 g/mol. The Morgan fingerprint density at radius 1 is 1.14 bits per heavy atom. The van der Waals surface area contributed by atoms with Crippen molar-refractivity contribution < 1.29 is 9.59 Å². The third-order valence-electron chi connectivity index (χ3n) is 4.35. The van der Waals surface area contributed by atoms with Gasteiger partial charge in [-0.3, -0.25) is 9.59 Å². The van der Waals surface area contributed by atoms with Crippen LogP contribution in [-0.2, 0) is 16.1 Å². The quantitative estimate of drug-likeness (QED) is 0.868. The molecule has 1 saturated heterocycles. The Labute approximate surface area is 129 Å². The molecule has 0 unspecified atom stereocenters. The molecule has 0 aromatic heterocycles. The van der Waals surface area contributed by atoms with Gasteiger partial charge in [0.15, 0.2) is 0 Å². The summed E-state index contributed by atoms with van der Waals surface area (Å²) in [6.07, 6.45) is 3.45. The third-order valence-corrected chi connectivity index (χ3v) is 4.61. The SMILES string of the molecule is O=C(NCc1ccc(Cl)cc1)C1(C(=O)N2CCCC2)CC1. The number of hydrogen-bond acceptors (Lipinski definition) is 2. The average molecular weight is 307 g/mol. The number of benzene rings is 1. The summed E-state index contributed by atoms with van der Waals surface area (Å²) >= 11 is 5.83. The molecule has 1 aromatic carbocycles. The summed E-state index contributed by atoms with van der Waals surface area (Å²) in [7, 11) is 0. The highest BCUT2D eigenvalue weighted by Gasteiger charge is 2.58. The molecule has 21 heavy (non-hydrogen) atoms. The number of nitrogens with one attached hydrogen (secondary N) is 1. The van der Waals surface area contributed by atoms with E-state index in [0.717, 1.165) is 31.5 Å². The molecule has 3 rings (SSSR count). The van der Waals surface area contributed by atoms with Gasteiger partial charge in [0.25, 0.3) is 0 Å². The first-order valence-electron chi connectivity index (χ1n) is 7.44. The summed E-state index contributed by atoms with van der Waals surface area (Å²) in [5.41, 5.74) is 0.203. The van der Waals surface area contributed by atoms with E-state index in [1.807, 2.05) is 17.0 Å². The predicted octanol–water partition coefficient (Wildman–Crippen LogP) is 2.36. The molecule has 1 aliphatic heterocycles. The minimum absolute atomic E-state index is 0.0219. The van der Waals surface area contributed by atoms with Crippen LogP contribution in [0.5, 0.6) is 0 Å². The van der Waals surface area contributed by atoms with Crippen LogP contribution < -0.4 is 5.32 Å². The van der Waals surface area contributed by atoms with Gasteiger partial charge >= 0.3 is 0 Å². The van der Waals surface area contributed by atoms with Crippen LogP contribution in [0.25, 0.3) is 0 Å². The van der Waals surface area contributed by atoms with E-state index >= 15 is 0 Å². The van der Waals surface area contributed by atoms with E-state index in [4.69, 9.17) is 11.6 Å². The molecule has 112 valence electrons. The maximum absolute atomic E-state index is 12.5. The van der Waals surface area contributed by atoms with Crippen molar-refractivity contribution >= 4 is 23.4 Å². The zero-order valence-electron chi connectivity index (χ0n) is 11.9. The van der Waals surface area contributed by atoms with E-state index in [1.54, 1.807) is 12.1 Å². The standard InChI is InChI=1S/C16H19ClN2O2/c17-13-5-3-12(4-6-13)11-18-14(20)16(7-8-16)15(21)19-9-1-2-10-19/h3-6H,1-2,7-11H2,(H,18,20). The fraction of sp³-hybridized carbons (Fsp3) is 0.500. The monoisotopic (exact) mass is 306 g/mol. The highest BCUT2D eigenvalue weighted by Crippen LogP contribution is 2.48. The fourth-order valence-corrected chi connectivity index (χ4v) is 2.97. The zero-order chi connectivity index (χ0) is 14.9. The number of halogens is 1. The van der Waals surface area contributed by atoms with Crippen molar-refractivity contribution in [2.24, 2.45) is 5.41 Å². The second-order valence-electron chi connectivity index (χ2n) is 5.89. The van der Waals surface area contributed by atoms with Crippen molar-refractivity contribution in [1.29, 1.82) is 0 Å². The van der Waals surface area contributed by atoms with E-state index < -0.39 is 5.41 Å². The second-order valence-corrected chi connectivity index (χ2v) is 6.33. The fourth-order valence-electron chi connectivity index (χ4n) is 2.84. The van der Waals surface area contributed by atoms with Gasteiger partial charge in [-0.25, -0.2) is 0 Å². The maximum atomic E-state index is 12.5. The second kappa shape index (κ2) is 5.68. The largest absolute Gasteiger partial charge is 0.351 e. The molecule has 2 amide bonds. The molecule has 1 saturated carbocycles. The van der Waals surface area contributed by atoms with Crippen LogP contribution in [0.4, 0.5) is 0 Å². The van der Waals surface area contributed by atoms with E-state index in [-0.39, 0.29) is 11.8 Å². The van der Waals surface area contributed by atoms with Gasteiger partial charge in [0, 0.05) is 24.7 Å². The van der Waals surface area contributed by atoms with Crippen LogP contribution in [0.15, 0.2) is 24.3 Å². The number of carbonyl (C=O) groups is 2. The van der Waals surface area contributed by atoms with Gasteiger partial charge in [-0.15, -0.1) is 0 Å². The summed E-state index contributed by atoms with van der Waals surface area (Å²) in [6.45, 7) is 2.03. The number of nitrogens with zero attached hydrogens (tertiary/aromatic N) is 1. The average Bonchev–Trinajstić information content (AvgIpc) is 3.13. The van der Waals surface area contributed by atoms with E-state index in [9.17, 15) is 9.59 Å². The zero-order valence-corrected chi connectivity index (χ0v) is 12.7. The first kappa shape index (κ1) is 14.4. The summed E-state index contributed by atoms with van der Waals surface area (Å²) in [6, 6.07) is 7.35. The number of likely N-dealkylation sites (tertiary alicyclic amines) is 1. The molecule has 2 aliphatic rings. The minimum atomic E-state index is -0.781. The van der Waals surface area contributed by atoms with Gasteiger partial charge in [-0.2, -0.15) is 0 Å². The lowest BCUT2D eigenvalue weighted by Gasteiger charge is -2.22. The van der Waals surface area contributed by atoms with E-state index in [2.05, 4.69) is 5.32 Å². The van der Waals surface area contributed by atoms with Gasteiger partial charge in [0.2, 0.25) is 11.8 Å². The first-order valence-corrected chi connectivity index (χ1v) is 7.82. The van der Waals surface area contributed by atoms with Gasteiger partial charge in [-0.05, 0) is 43.4 Å². The number of rotatable bonds is 4. The molecule has 1 aromatic rings. The van der Waals surface area contributed by atoms with Crippen LogP contribution in [-0.4, -0.2) is 29.8 Å². The van der Waals surface area contributed by atoms with Gasteiger partial charge in [0.1, 0.15) is 5.41 Å². The summed E-state index contributed by atoms with van der Waals surface area (Å²) in [4.78, 5) is 26.7. The Balaban J connectivity index is 1.59. The van der Waals surface area contributed by atoms with Gasteiger partial charge in [0.05, 0.1) is 0 Å². The smallest absolute Gasteiger partial charge is 0.238 e. The molecule has 1 heterocycles. The Bertz CT molecular complexity index is 546. The molecule has 1 N–H and O–H groups in total.